The first-order chi connectivity index (χ1) is 12.3. The van der Waals surface area contributed by atoms with Gasteiger partial charge in [0.2, 0.25) is 0 Å². The number of hydrogen-bond donors (Lipinski definition) is 1. The Kier molecular flexibility index (Phi) is 4.07. The predicted molar refractivity (Wildman–Crippen MR) is 91.8 cm³/mol. The molecule has 1 aromatic carbocycles. The minimum atomic E-state index is -0.251. The van der Waals surface area contributed by atoms with Crippen LogP contribution in [0.4, 0.5) is 0 Å². The summed E-state index contributed by atoms with van der Waals surface area (Å²) in [4.78, 5) is 19.2. The molecule has 0 radical (unpaired) electrons. The molecule has 1 aliphatic rings. The zero-order valence-corrected chi connectivity index (χ0v) is 13.9. The molecule has 4 rings (SSSR count). The number of benzene rings is 1. The van der Waals surface area contributed by atoms with Gasteiger partial charge in [-0.05, 0) is 17.7 Å². The summed E-state index contributed by atoms with van der Waals surface area (Å²) in [6, 6.07) is 13.6. The van der Waals surface area contributed by atoms with Crippen molar-refractivity contribution in [3.05, 3.63) is 60.3 Å². The molecule has 0 spiro atoms. The first-order valence-electron chi connectivity index (χ1n) is 8.21. The van der Waals surface area contributed by atoms with Crippen LogP contribution in [-0.4, -0.2) is 50.3 Å². The Morgan fingerprint density at radius 2 is 2.08 bits per heavy atom. The van der Waals surface area contributed by atoms with Crippen LogP contribution >= 0.6 is 0 Å². The molecule has 7 nitrogen and oxygen atoms in total. The summed E-state index contributed by atoms with van der Waals surface area (Å²) < 4.78 is 7.47. The fourth-order valence-corrected chi connectivity index (χ4v) is 3.22. The predicted octanol–water partition coefficient (Wildman–Crippen LogP) is 2.02. The Labute approximate surface area is 145 Å². The van der Waals surface area contributed by atoms with Gasteiger partial charge in [-0.1, -0.05) is 30.3 Å². The minimum absolute atomic E-state index is 0.0330. The van der Waals surface area contributed by atoms with Crippen LogP contribution in [0.2, 0.25) is 0 Å². The molecule has 25 heavy (non-hydrogen) atoms. The zero-order valence-electron chi connectivity index (χ0n) is 13.9. The molecule has 3 aromatic rings. The van der Waals surface area contributed by atoms with E-state index in [1.165, 1.54) is 6.33 Å². The second kappa shape index (κ2) is 6.52. The standard InChI is InChI=1S/C18H19N5O2/c1-22-14(13-5-3-2-4-6-13)7-8-15(22)18(24)23-9-10-25-11-16(23)17-19-12-20-21-17/h2-8,12,16H,9-11H2,1H3,(H,19,20,21). The lowest BCUT2D eigenvalue weighted by molar-refractivity contribution is -0.00559. The van der Waals surface area contributed by atoms with E-state index in [0.29, 0.717) is 31.3 Å². The number of aromatic amines is 1. The number of morpholine rings is 1. The van der Waals surface area contributed by atoms with E-state index >= 15 is 0 Å². The first kappa shape index (κ1) is 15.6. The highest BCUT2D eigenvalue weighted by atomic mass is 16.5. The van der Waals surface area contributed by atoms with Gasteiger partial charge in [-0.25, -0.2) is 4.98 Å². The van der Waals surface area contributed by atoms with Crippen molar-refractivity contribution in [3.63, 3.8) is 0 Å². The Bertz CT molecular complexity index is 857. The first-order valence-corrected chi connectivity index (χ1v) is 8.21. The maximum atomic E-state index is 13.2. The summed E-state index contributed by atoms with van der Waals surface area (Å²) in [5.74, 6) is 0.611. The number of nitrogens with zero attached hydrogens (tertiary/aromatic N) is 4. The van der Waals surface area contributed by atoms with Gasteiger partial charge >= 0.3 is 0 Å². The number of H-pyrrole nitrogens is 1. The molecule has 1 atom stereocenters. The Hall–Kier alpha value is -2.93. The fraction of sp³-hybridized carbons (Fsp3) is 0.278. The molecule has 1 unspecified atom stereocenters. The summed E-state index contributed by atoms with van der Waals surface area (Å²) in [6.07, 6.45) is 1.45. The van der Waals surface area contributed by atoms with Crippen LogP contribution in [0.3, 0.4) is 0 Å². The highest BCUT2D eigenvalue weighted by molar-refractivity contribution is 5.94. The Morgan fingerprint density at radius 3 is 2.84 bits per heavy atom. The van der Waals surface area contributed by atoms with Crippen LogP contribution in [0.15, 0.2) is 48.8 Å². The van der Waals surface area contributed by atoms with Crippen molar-refractivity contribution in [1.82, 2.24) is 24.6 Å². The normalized spacial score (nSPS) is 17.6. The second-order valence-electron chi connectivity index (χ2n) is 5.99. The van der Waals surface area contributed by atoms with E-state index in [9.17, 15) is 4.79 Å². The quantitative estimate of drug-likeness (QED) is 0.793. The van der Waals surface area contributed by atoms with E-state index in [4.69, 9.17) is 4.74 Å². The van der Waals surface area contributed by atoms with E-state index < -0.39 is 0 Å². The summed E-state index contributed by atoms with van der Waals surface area (Å²) >= 11 is 0. The van der Waals surface area contributed by atoms with Crippen LogP contribution in [0.1, 0.15) is 22.4 Å². The van der Waals surface area contributed by atoms with Crippen molar-refractivity contribution in [1.29, 1.82) is 0 Å². The van der Waals surface area contributed by atoms with Gasteiger partial charge in [-0.3, -0.25) is 9.89 Å². The summed E-state index contributed by atoms with van der Waals surface area (Å²) in [5, 5.41) is 6.74. The highest BCUT2D eigenvalue weighted by Crippen LogP contribution is 2.26. The van der Waals surface area contributed by atoms with Gasteiger partial charge in [0, 0.05) is 19.3 Å². The SMILES string of the molecule is Cn1c(C(=O)N2CCOCC2c2ncn[nH]2)ccc1-c1ccccc1. The van der Waals surface area contributed by atoms with Crippen LogP contribution < -0.4 is 0 Å². The smallest absolute Gasteiger partial charge is 0.271 e. The number of hydrogen-bond acceptors (Lipinski definition) is 4. The van der Waals surface area contributed by atoms with Gasteiger partial charge in [0.25, 0.3) is 5.91 Å². The van der Waals surface area contributed by atoms with Crippen LogP contribution in [0.5, 0.6) is 0 Å². The molecule has 3 heterocycles. The highest BCUT2D eigenvalue weighted by Gasteiger charge is 2.32. The van der Waals surface area contributed by atoms with E-state index in [0.717, 1.165) is 11.3 Å². The molecule has 1 saturated heterocycles. The number of amides is 1. The molecule has 0 aliphatic carbocycles. The van der Waals surface area contributed by atoms with Gasteiger partial charge in [-0.2, -0.15) is 5.10 Å². The maximum Gasteiger partial charge on any atom is 0.271 e. The van der Waals surface area contributed by atoms with Gasteiger partial charge in [0.05, 0.1) is 13.2 Å². The van der Waals surface area contributed by atoms with Gasteiger partial charge in [0.15, 0.2) is 0 Å². The molecule has 2 aromatic heterocycles. The lowest BCUT2D eigenvalue weighted by Crippen LogP contribution is -2.44. The van der Waals surface area contributed by atoms with Gasteiger partial charge in [0.1, 0.15) is 23.9 Å². The van der Waals surface area contributed by atoms with E-state index in [1.807, 2.05) is 54.1 Å². The lowest BCUT2D eigenvalue weighted by atomic mass is 10.2. The average molecular weight is 337 g/mol. The molecule has 7 heteroatoms. The third-order valence-electron chi connectivity index (χ3n) is 4.55. The molecule has 1 amide bonds. The monoisotopic (exact) mass is 337 g/mol. The van der Waals surface area contributed by atoms with Crippen LogP contribution in [-0.2, 0) is 11.8 Å². The molecule has 0 saturated carbocycles. The zero-order chi connectivity index (χ0) is 17.2. The second-order valence-corrected chi connectivity index (χ2v) is 5.99. The summed E-state index contributed by atoms with van der Waals surface area (Å²) in [6.45, 7) is 1.46. The van der Waals surface area contributed by atoms with Crippen LogP contribution in [0.25, 0.3) is 11.3 Å². The third-order valence-corrected chi connectivity index (χ3v) is 4.55. The molecule has 128 valence electrons. The Morgan fingerprint density at radius 1 is 1.24 bits per heavy atom. The number of carbonyl (C=O) groups is 1. The van der Waals surface area contributed by atoms with Crippen molar-refractivity contribution in [2.24, 2.45) is 7.05 Å². The molecule has 1 aliphatic heterocycles. The van der Waals surface area contributed by atoms with E-state index in [1.54, 1.807) is 4.90 Å². The van der Waals surface area contributed by atoms with Crippen molar-refractivity contribution in [2.45, 2.75) is 6.04 Å². The van der Waals surface area contributed by atoms with Gasteiger partial charge < -0.3 is 14.2 Å². The lowest BCUT2D eigenvalue weighted by Gasteiger charge is -2.34. The maximum absolute atomic E-state index is 13.2. The Balaban J connectivity index is 1.65. The topological polar surface area (TPSA) is 76.0 Å². The molecule has 0 bridgehead atoms. The molecular weight excluding hydrogens is 318 g/mol. The van der Waals surface area contributed by atoms with E-state index in [-0.39, 0.29) is 11.9 Å². The number of aromatic nitrogens is 4. The number of nitrogens with one attached hydrogen (secondary N) is 1. The van der Waals surface area contributed by atoms with Crippen molar-refractivity contribution >= 4 is 5.91 Å². The molecule has 1 fully saturated rings. The fourth-order valence-electron chi connectivity index (χ4n) is 3.22. The number of carbonyl (C=O) groups excluding carboxylic acids is 1. The third kappa shape index (κ3) is 2.83. The van der Waals surface area contributed by atoms with Crippen molar-refractivity contribution < 1.29 is 9.53 Å². The van der Waals surface area contributed by atoms with Crippen LogP contribution in [0, 0.1) is 0 Å². The minimum Gasteiger partial charge on any atom is -0.377 e. The number of ether oxygens (including phenoxy) is 1. The van der Waals surface area contributed by atoms with Gasteiger partial charge in [-0.15, -0.1) is 0 Å². The molecular formula is C18H19N5O2. The summed E-state index contributed by atoms with van der Waals surface area (Å²) in [5.41, 5.74) is 2.73. The molecule has 1 N–H and O–H groups in total. The largest absolute Gasteiger partial charge is 0.377 e. The van der Waals surface area contributed by atoms with Crippen molar-refractivity contribution in [2.75, 3.05) is 19.8 Å². The van der Waals surface area contributed by atoms with Crippen molar-refractivity contribution in [3.8, 4) is 11.3 Å². The number of rotatable bonds is 3. The van der Waals surface area contributed by atoms with E-state index in [2.05, 4.69) is 15.2 Å². The summed E-state index contributed by atoms with van der Waals surface area (Å²) in [7, 11) is 1.92. The average Bonchev–Trinajstić information content (AvgIpc) is 3.32.